The smallest absolute Gasteiger partial charge is 0.295 e. The molecule has 0 bridgehead atoms. The van der Waals surface area contributed by atoms with Crippen molar-refractivity contribution in [1.29, 1.82) is 0 Å². The molecule has 0 saturated heterocycles. The van der Waals surface area contributed by atoms with Gasteiger partial charge in [-0.15, -0.1) is 0 Å². The zero-order chi connectivity index (χ0) is 20.1. The van der Waals surface area contributed by atoms with Crippen LogP contribution < -0.4 is 16.8 Å². The largest absolute Gasteiger partial charge is 0.393 e. The minimum atomic E-state index is -0.895. The van der Waals surface area contributed by atoms with E-state index in [1.165, 1.54) is 4.90 Å². The van der Waals surface area contributed by atoms with Crippen molar-refractivity contribution < 1.29 is 18.9 Å². The number of benzene rings is 1. The standard InChI is InChI=1S/C19H23N5O4/c20-15-16(18(21)26)23-28-17(15)19(27)24(10-12-6-2-1-3-7-12)11-14(25)22-13-8-4-5-9-13/h1-3,6-7,13H,4-5,8-11,20H2,(H2,21,26)(H,22,25). The fourth-order valence-corrected chi connectivity index (χ4v) is 3.29. The SMILES string of the molecule is NC(=O)c1noc(C(=O)N(CC(=O)NC2CCCC2)Cc2ccccc2)c1N. The molecule has 0 spiro atoms. The van der Waals surface area contributed by atoms with Crippen molar-refractivity contribution in [3.05, 3.63) is 47.3 Å². The van der Waals surface area contributed by atoms with Crippen LogP contribution in [0.2, 0.25) is 0 Å². The third-order valence-corrected chi connectivity index (χ3v) is 4.71. The van der Waals surface area contributed by atoms with Crippen LogP contribution >= 0.6 is 0 Å². The number of primary amides is 1. The number of hydrogen-bond acceptors (Lipinski definition) is 6. The summed E-state index contributed by atoms with van der Waals surface area (Å²) in [5, 5.41) is 6.42. The molecular weight excluding hydrogens is 362 g/mol. The highest BCUT2D eigenvalue weighted by atomic mass is 16.5. The van der Waals surface area contributed by atoms with Crippen molar-refractivity contribution in [3.63, 3.8) is 0 Å². The fraction of sp³-hybridized carbons (Fsp3) is 0.368. The number of nitrogens with zero attached hydrogens (tertiary/aromatic N) is 2. The third-order valence-electron chi connectivity index (χ3n) is 4.71. The molecule has 1 aliphatic rings. The van der Waals surface area contributed by atoms with Gasteiger partial charge in [0.2, 0.25) is 11.7 Å². The van der Waals surface area contributed by atoms with Crippen LogP contribution in [0.4, 0.5) is 5.69 Å². The van der Waals surface area contributed by atoms with Gasteiger partial charge >= 0.3 is 0 Å². The van der Waals surface area contributed by atoms with Crippen LogP contribution in [-0.4, -0.2) is 40.4 Å². The summed E-state index contributed by atoms with van der Waals surface area (Å²) in [5.41, 5.74) is 11.3. The topological polar surface area (TPSA) is 145 Å². The highest BCUT2D eigenvalue weighted by molar-refractivity contribution is 6.04. The van der Waals surface area contributed by atoms with Gasteiger partial charge < -0.3 is 26.2 Å². The number of aromatic nitrogens is 1. The summed E-state index contributed by atoms with van der Waals surface area (Å²) in [6.07, 6.45) is 4.05. The Morgan fingerprint density at radius 3 is 2.46 bits per heavy atom. The number of nitrogens with two attached hydrogens (primary N) is 2. The maximum absolute atomic E-state index is 13.0. The van der Waals surface area contributed by atoms with E-state index in [0.29, 0.717) is 0 Å². The predicted octanol–water partition coefficient (Wildman–Crippen LogP) is 1.06. The van der Waals surface area contributed by atoms with Crippen molar-refractivity contribution in [2.24, 2.45) is 5.73 Å². The molecule has 1 aromatic heterocycles. The maximum atomic E-state index is 13.0. The van der Waals surface area contributed by atoms with E-state index in [4.69, 9.17) is 16.0 Å². The predicted molar refractivity (Wildman–Crippen MR) is 101 cm³/mol. The highest BCUT2D eigenvalue weighted by Crippen LogP contribution is 2.20. The Labute approximate surface area is 162 Å². The quantitative estimate of drug-likeness (QED) is 0.650. The second-order valence-corrected chi connectivity index (χ2v) is 6.83. The van der Waals surface area contributed by atoms with Crippen molar-refractivity contribution in [3.8, 4) is 0 Å². The average molecular weight is 385 g/mol. The van der Waals surface area contributed by atoms with Crippen LogP contribution in [0.5, 0.6) is 0 Å². The van der Waals surface area contributed by atoms with Crippen LogP contribution in [0, 0.1) is 0 Å². The van der Waals surface area contributed by atoms with Crippen molar-refractivity contribution in [2.75, 3.05) is 12.3 Å². The van der Waals surface area contributed by atoms with E-state index in [0.717, 1.165) is 31.2 Å². The van der Waals surface area contributed by atoms with Crippen LogP contribution in [0.1, 0.15) is 52.3 Å². The molecule has 0 unspecified atom stereocenters. The molecule has 9 nitrogen and oxygen atoms in total. The summed E-state index contributed by atoms with van der Waals surface area (Å²) in [5.74, 6) is -2.10. The van der Waals surface area contributed by atoms with Gasteiger partial charge in [-0.05, 0) is 18.4 Å². The van der Waals surface area contributed by atoms with Gasteiger partial charge in [-0.1, -0.05) is 48.3 Å². The molecule has 3 amide bonds. The number of nitrogen functional groups attached to an aromatic ring is 1. The van der Waals surface area contributed by atoms with Gasteiger partial charge in [-0.2, -0.15) is 0 Å². The first-order chi connectivity index (χ1) is 13.5. The second kappa shape index (κ2) is 8.55. The Bertz CT molecular complexity index is 858. The van der Waals surface area contributed by atoms with E-state index >= 15 is 0 Å². The summed E-state index contributed by atoms with van der Waals surface area (Å²) < 4.78 is 4.95. The molecule has 0 aliphatic heterocycles. The molecule has 2 aromatic rings. The van der Waals surface area contributed by atoms with E-state index < -0.39 is 11.8 Å². The molecule has 3 rings (SSSR count). The van der Waals surface area contributed by atoms with Gasteiger partial charge in [0.25, 0.3) is 11.8 Å². The summed E-state index contributed by atoms with van der Waals surface area (Å²) in [6, 6.07) is 9.35. The van der Waals surface area contributed by atoms with Gasteiger partial charge in [-0.3, -0.25) is 14.4 Å². The first-order valence-electron chi connectivity index (χ1n) is 9.13. The first kappa shape index (κ1) is 19.4. The minimum Gasteiger partial charge on any atom is -0.393 e. The van der Waals surface area contributed by atoms with E-state index in [1.54, 1.807) is 0 Å². The summed E-state index contributed by atoms with van der Waals surface area (Å²) in [4.78, 5) is 38.1. The molecule has 1 aliphatic carbocycles. The van der Waals surface area contributed by atoms with E-state index in [2.05, 4.69) is 10.5 Å². The molecular formula is C19H23N5O4. The van der Waals surface area contributed by atoms with E-state index in [1.807, 2.05) is 30.3 Å². The van der Waals surface area contributed by atoms with Gasteiger partial charge in [-0.25, -0.2) is 0 Å². The summed E-state index contributed by atoms with van der Waals surface area (Å²) in [6.45, 7) is 0.0000765. The van der Waals surface area contributed by atoms with Crippen LogP contribution in [0.15, 0.2) is 34.9 Å². The fourth-order valence-electron chi connectivity index (χ4n) is 3.29. The van der Waals surface area contributed by atoms with Crippen molar-refractivity contribution in [1.82, 2.24) is 15.4 Å². The second-order valence-electron chi connectivity index (χ2n) is 6.83. The zero-order valence-electron chi connectivity index (χ0n) is 15.4. The molecule has 1 saturated carbocycles. The molecule has 1 heterocycles. The lowest BCUT2D eigenvalue weighted by Crippen LogP contribution is -2.43. The van der Waals surface area contributed by atoms with Crippen LogP contribution in [-0.2, 0) is 11.3 Å². The first-order valence-corrected chi connectivity index (χ1v) is 9.13. The maximum Gasteiger partial charge on any atom is 0.295 e. The molecule has 1 fully saturated rings. The molecule has 0 radical (unpaired) electrons. The Hall–Kier alpha value is -3.36. The normalized spacial score (nSPS) is 14.0. The molecule has 9 heteroatoms. The van der Waals surface area contributed by atoms with Gasteiger partial charge in [0.15, 0.2) is 5.69 Å². The van der Waals surface area contributed by atoms with Crippen molar-refractivity contribution >= 4 is 23.4 Å². The Morgan fingerprint density at radius 1 is 1.18 bits per heavy atom. The van der Waals surface area contributed by atoms with E-state index in [9.17, 15) is 14.4 Å². The van der Waals surface area contributed by atoms with Gasteiger partial charge in [0.1, 0.15) is 12.2 Å². The monoisotopic (exact) mass is 385 g/mol. The third kappa shape index (κ3) is 4.48. The molecule has 0 atom stereocenters. The number of anilines is 1. The number of hydrogen-bond donors (Lipinski definition) is 3. The van der Waals surface area contributed by atoms with Crippen molar-refractivity contribution in [2.45, 2.75) is 38.3 Å². The summed E-state index contributed by atoms with van der Waals surface area (Å²) >= 11 is 0. The molecule has 5 N–H and O–H groups in total. The molecule has 148 valence electrons. The number of carbonyl (C=O) groups excluding carboxylic acids is 3. The number of carbonyl (C=O) groups is 3. The highest BCUT2D eigenvalue weighted by Gasteiger charge is 2.29. The molecule has 1 aromatic carbocycles. The van der Waals surface area contributed by atoms with Crippen LogP contribution in [0.3, 0.4) is 0 Å². The Kier molecular flexibility index (Phi) is 5.93. The number of nitrogens with one attached hydrogen (secondary N) is 1. The number of rotatable bonds is 7. The summed E-state index contributed by atoms with van der Waals surface area (Å²) in [7, 11) is 0. The zero-order valence-corrected chi connectivity index (χ0v) is 15.4. The Morgan fingerprint density at radius 2 is 1.86 bits per heavy atom. The molecule has 28 heavy (non-hydrogen) atoms. The van der Waals surface area contributed by atoms with Gasteiger partial charge in [0, 0.05) is 12.6 Å². The lowest BCUT2D eigenvalue weighted by molar-refractivity contribution is -0.122. The van der Waals surface area contributed by atoms with Crippen LogP contribution in [0.25, 0.3) is 0 Å². The minimum absolute atomic E-state index is 0.137. The average Bonchev–Trinajstić information content (AvgIpc) is 3.31. The lowest BCUT2D eigenvalue weighted by Gasteiger charge is -2.22. The number of amides is 3. The van der Waals surface area contributed by atoms with Gasteiger partial charge in [0.05, 0.1) is 0 Å². The lowest BCUT2D eigenvalue weighted by atomic mass is 10.2. The Balaban J connectivity index is 1.79. The van der Waals surface area contributed by atoms with E-state index in [-0.39, 0.29) is 42.2 Å².